The largest absolute Gasteiger partial charge is 0.497 e. The molecule has 0 saturated carbocycles. The SMILES string of the molecule is COc1ccc2c(c1)CCC=C2C(C)=O. The fourth-order valence-corrected chi connectivity index (χ4v) is 1.98. The molecular formula is C13H14O2. The summed E-state index contributed by atoms with van der Waals surface area (Å²) in [5.74, 6) is 1.000. The number of allylic oxidation sites excluding steroid dienone is 2. The fraction of sp³-hybridized carbons (Fsp3) is 0.308. The van der Waals surface area contributed by atoms with Crippen molar-refractivity contribution in [2.75, 3.05) is 7.11 Å². The van der Waals surface area contributed by atoms with Gasteiger partial charge in [0.2, 0.25) is 0 Å². The predicted octanol–water partition coefficient (Wildman–Crippen LogP) is 2.61. The molecule has 0 saturated heterocycles. The van der Waals surface area contributed by atoms with E-state index in [2.05, 4.69) is 0 Å². The lowest BCUT2D eigenvalue weighted by Crippen LogP contribution is -2.05. The predicted molar refractivity (Wildman–Crippen MR) is 60.0 cm³/mol. The van der Waals surface area contributed by atoms with E-state index in [4.69, 9.17) is 4.74 Å². The van der Waals surface area contributed by atoms with Gasteiger partial charge in [-0.25, -0.2) is 0 Å². The van der Waals surface area contributed by atoms with Gasteiger partial charge in [0.15, 0.2) is 5.78 Å². The molecule has 0 amide bonds. The van der Waals surface area contributed by atoms with Crippen LogP contribution in [0, 0.1) is 0 Å². The molecule has 0 N–H and O–H groups in total. The third-order valence-corrected chi connectivity index (χ3v) is 2.74. The topological polar surface area (TPSA) is 26.3 Å². The molecule has 0 aromatic heterocycles. The molecule has 2 rings (SSSR count). The van der Waals surface area contributed by atoms with Crippen LogP contribution in [0.5, 0.6) is 5.75 Å². The van der Waals surface area contributed by atoms with Crippen molar-refractivity contribution >= 4 is 11.4 Å². The number of benzene rings is 1. The lowest BCUT2D eigenvalue weighted by molar-refractivity contribution is -0.111. The molecule has 15 heavy (non-hydrogen) atoms. The third kappa shape index (κ3) is 1.80. The summed E-state index contributed by atoms with van der Waals surface area (Å²) in [6.07, 6.45) is 3.95. The summed E-state index contributed by atoms with van der Waals surface area (Å²) in [6, 6.07) is 5.90. The highest BCUT2D eigenvalue weighted by Crippen LogP contribution is 2.29. The first-order valence-corrected chi connectivity index (χ1v) is 5.11. The maximum Gasteiger partial charge on any atom is 0.160 e. The van der Waals surface area contributed by atoms with Crippen LogP contribution in [0.1, 0.15) is 24.5 Å². The van der Waals surface area contributed by atoms with E-state index in [9.17, 15) is 4.79 Å². The summed E-state index contributed by atoms with van der Waals surface area (Å²) in [6.45, 7) is 1.62. The molecule has 1 aromatic carbocycles. The van der Waals surface area contributed by atoms with Crippen molar-refractivity contribution in [2.24, 2.45) is 0 Å². The van der Waals surface area contributed by atoms with Crippen molar-refractivity contribution in [3.05, 3.63) is 35.4 Å². The Morgan fingerprint density at radius 2 is 2.20 bits per heavy atom. The van der Waals surface area contributed by atoms with E-state index in [1.807, 2.05) is 24.3 Å². The molecule has 2 heteroatoms. The highest BCUT2D eigenvalue weighted by Gasteiger charge is 2.15. The third-order valence-electron chi connectivity index (χ3n) is 2.74. The zero-order valence-electron chi connectivity index (χ0n) is 9.04. The van der Waals surface area contributed by atoms with Crippen LogP contribution in [-0.4, -0.2) is 12.9 Å². The van der Waals surface area contributed by atoms with Gasteiger partial charge in [0.1, 0.15) is 5.75 Å². The summed E-state index contributed by atoms with van der Waals surface area (Å²) in [7, 11) is 1.66. The minimum absolute atomic E-state index is 0.140. The Bertz CT molecular complexity index is 430. The first-order valence-electron chi connectivity index (χ1n) is 5.11. The molecule has 0 aliphatic heterocycles. The number of ketones is 1. The molecule has 0 spiro atoms. The molecule has 0 bridgehead atoms. The van der Waals surface area contributed by atoms with Gasteiger partial charge in [0.25, 0.3) is 0 Å². The first-order chi connectivity index (χ1) is 7.22. The molecule has 0 unspecified atom stereocenters. The van der Waals surface area contributed by atoms with E-state index in [1.54, 1.807) is 14.0 Å². The Kier molecular flexibility index (Phi) is 2.58. The van der Waals surface area contributed by atoms with Crippen LogP contribution in [0.4, 0.5) is 0 Å². The average Bonchev–Trinajstić information content (AvgIpc) is 2.27. The highest BCUT2D eigenvalue weighted by atomic mass is 16.5. The molecule has 0 heterocycles. The molecular weight excluding hydrogens is 188 g/mol. The summed E-state index contributed by atoms with van der Waals surface area (Å²) in [5.41, 5.74) is 3.12. The molecule has 1 aliphatic rings. The van der Waals surface area contributed by atoms with Gasteiger partial charge in [0, 0.05) is 5.57 Å². The quantitative estimate of drug-likeness (QED) is 0.736. The fourth-order valence-electron chi connectivity index (χ4n) is 1.98. The number of rotatable bonds is 2. The van der Waals surface area contributed by atoms with Crippen LogP contribution in [0.25, 0.3) is 5.57 Å². The number of aryl methyl sites for hydroxylation is 1. The number of ether oxygens (including phenoxy) is 1. The maximum absolute atomic E-state index is 11.4. The van der Waals surface area contributed by atoms with Crippen LogP contribution in [-0.2, 0) is 11.2 Å². The average molecular weight is 202 g/mol. The second kappa shape index (κ2) is 3.89. The molecule has 78 valence electrons. The number of hydrogen-bond donors (Lipinski definition) is 0. The van der Waals surface area contributed by atoms with E-state index in [-0.39, 0.29) is 5.78 Å². The molecule has 0 atom stereocenters. The normalized spacial score (nSPS) is 14.1. The second-order valence-electron chi connectivity index (χ2n) is 3.74. The van der Waals surface area contributed by atoms with Gasteiger partial charge >= 0.3 is 0 Å². The van der Waals surface area contributed by atoms with Gasteiger partial charge in [-0.15, -0.1) is 0 Å². The van der Waals surface area contributed by atoms with Crippen LogP contribution in [0.15, 0.2) is 24.3 Å². The number of fused-ring (bicyclic) bond motifs is 1. The summed E-state index contributed by atoms with van der Waals surface area (Å²) < 4.78 is 5.17. The molecule has 0 radical (unpaired) electrons. The van der Waals surface area contributed by atoms with Gasteiger partial charge in [-0.1, -0.05) is 12.1 Å². The number of methoxy groups -OCH3 is 1. The van der Waals surface area contributed by atoms with E-state index >= 15 is 0 Å². The van der Waals surface area contributed by atoms with Crippen LogP contribution in [0.2, 0.25) is 0 Å². The molecule has 2 nitrogen and oxygen atoms in total. The van der Waals surface area contributed by atoms with E-state index in [0.717, 1.165) is 29.7 Å². The van der Waals surface area contributed by atoms with Crippen molar-refractivity contribution in [1.82, 2.24) is 0 Å². The van der Waals surface area contributed by atoms with Crippen molar-refractivity contribution in [1.29, 1.82) is 0 Å². The molecule has 1 aromatic rings. The Labute approximate surface area is 89.6 Å². The van der Waals surface area contributed by atoms with E-state index in [1.165, 1.54) is 5.56 Å². The molecule has 0 fully saturated rings. The van der Waals surface area contributed by atoms with Crippen LogP contribution < -0.4 is 4.74 Å². The lowest BCUT2D eigenvalue weighted by Gasteiger charge is -2.16. The van der Waals surface area contributed by atoms with Crippen molar-refractivity contribution in [3.8, 4) is 5.75 Å². The van der Waals surface area contributed by atoms with E-state index in [0.29, 0.717) is 0 Å². The second-order valence-corrected chi connectivity index (χ2v) is 3.74. The van der Waals surface area contributed by atoms with Gasteiger partial charge in [-0.05, 0) is 43.0 Å². The Morgan fingerprint density at radius 3 is 2.87 bits per heavy atom. The number of Topliss-reactive ketones (excluding diaryl/α,β-unsaturated/α-hetero) is 1. The smallest absolute Gasteiger partial charge is 0.160 e. The van der Waals surface area contributed by atoms with Gasteiger partial charge in [-0.3, -0.25) is 4.79 Å². The number of carbonyl (C=O) groups excluding carboxylic acids is 1. The zero-order valence-corrected chi connectivity index (χ0v) is 9.04. The van der Waals surface area contributed by atoms with Crippen molar-refractivity contribution in [2.45, 2.75) is 19.8 Å². The maximum atomic E-state index is 11.4. The van der Waals surface area contributed by atoms with Crippen LogP contribution in [0.3, 0.4) is 0 Å². The summed E-state index contributed by atoms with van der Waals surface area (Å²) in [4.78, 5) is 11.4. The highest BCUT2D eigenvalue weighted by molar-refractivity contribution is 6.20. The van der Waals surface area contributed by atoms with Crippen molar-refractivity contribution in [3.63, 3.8) is 0 Å². The molecule has 1 aliphatic carbocycles. The van der Waals surface area contributed by atoms with Gasteiger partial charge in [0.05, 0.1) is 7.11 Å². The minimum Gasteiger partial charge on any atom is -0.497 e. The van der Waals surface area contributed by atoms with Crippen LogP contribution >= 0.6 is 0 Å². The first kappa shape index (κ1) is 9.97. The minimum atomic E-state index is 0.140. The Balaban J connectivity index is 2.48. The van der Waals surface area contributed by atoms with Crippen molar-refractivity contribution < 1.29 is 9.53 Å². The van der Waals surface area contributed by atoms with E-state index < -0.39 is 0 Å². The Morgan fingerprint density at radius 1 is 1.40 bits per heavy atom. The summed E-state index contributed by atoms with van der Waals surface area (Å²) >= 11 is 0. The monoisotopic (exact) mass is 202 g/mol. The summed E-state index contributed by atoms with van der Waals surface area (Å²) in [5, 5.41) is 0. The Hall–Kier alpha value is -1.57. The number of carbonyl (C=O) groups is 1. The standard InChI is InChI=1S/C13H14O2/c1-9(14)12-5-3-4-10-8-11(15-2)6-7-13(10)12/h5-8H,3-4H2,1-2H3. The number of hydrogen-bond acceptors (Lipinski definition) is 2. The zero-order chi connectivity index (χ0) is 10.8. The van der Waals surface area contributed by atoms with Gasteiger partial charge < -0.3 is 4.74 Å². The lowest BCUT2D eigenvalue weighted by atomic mass is 9.89. The van der Waals surface area contributed by atoms with Gasteiger partial charge in [-0.2, -0.15) is 0 Å².